The Morgan fingerprint density at radius 2 is 2.22 bits per heavy atom. The van der Waals surface area contributed by atoms with Crippen molar-refractivity contribution in [3.63, 3.8) is 0 Å². The summed E-state index contributed by atoms with van der Waals surface area (Å²) in [5.41, 5.74) is -0.192. The third-order valence-electron chi connectivity index (χ3n) is 2.49. The first-order valence-electron chi connectivity index (χ1n) is 4.87. The molecule has 0 atom stereocenters. The van der Waals surface area contributed by atoms with Gasteiger partial charge < -0.3 is 15.2 Å². The maximum atomic E-state index is 10.9. The van der Waals surface area contributed by atoms with Crippen molar-refractivity contribution >= 4 is 11.8 Å². The molecule has 0 saturated heterocycles. The minimum Gasteiger partial charge on any atom is -0.476 e. The van der Waals surface area contributed by atoms with E-state index in [0.717, 1.165) is 0 Å². The summed E-state index contributed by atoms with van der Waals surface area (Å²) in [5.74, 6) is -0.931. The number of aryl methyl sites for hydroxylation is 1. The second-order valence-electron chi connectivity index (χ2n) is 3.59. The summed E-state index contributed by atoms with van der Waals surface area (Å²) >= 11 is 0. The first kappa shape index (κ1) is 11.8. The molecule has 0 spiro atoms. The number of hydrogen-bond acceptors (Lipinski definition) is 5. The predicted molar refractivity (Wildman–Crippen MR) is 58.7 cm³/mol. The fourth-order valence-corrected chi connectivity index (χ4v) is 1.54. The average molecular weight is 251 g/mol. The number of carbonyl (C=O) groups is 1. The van der Waals surface area contributed by atoms with Gasteiger partial charge >= 0.3 is 11.8 Å². The molecule has 0 amide bonds. The zero-order valence-electron chi connectivity index (χ0n) is 9.56. The third-order valence-corrected chi connectivity index (χ3v) is 2.49. The molecule has 1 N–H and O–H groups in total. The lowest BCUT2D eigenvalue weighted by atomic mass is 10.5. The molecule has 2 rings (SSSR count). The number of imidazole rings is 2. The Hall–Kier alpha value is -2.71. The Morgan fingerprint density at radius 3 is 2.72 bits per heavy atom. The molecule has 2 aromatic rings. The minimum atomic E-state index is -1.20. The summed E-state index contributed by atoms with van der Waals surface area (Å²) < 4.78 is 2.76. The highest BCUT2D eigenvalue weighted by Crippen LogP contribution is 2.22. The van der Waals surface area contributed by atoms with Gasteiger partial charge in [0.25, 0.3) is 0 Å². The molecular weight excluding hydrogens is 242 g/mol. The lowest BCUT2D eigenvalue weighted by Crippen LogP contribution is -2.04. The van der Waals surface area contributed by atoms with Gasteiger partial charge in [-0.15, -0.1) is 0 Å². The quantitative estimate of drug-likeness (QED) is 0.627. The second-order valence-corrected chi connectivity index (χ2v) is 3.59. The highest BCUT2D eigenvalue weighted by Gasteiger charge is 2.25. The highest BCUT2D eigenvalue weighted by atomic mass is 16.6. The average Bonchev–Trinajstić information content (AvgIpc) is 2.85. The largest absolute Gasteiger partial charge is 0.476 e. The number of aromatic carboxylic acids is 1. The Balaban J connectivity index is 2.62. The summed E-state index contributed by atoms with van der Waals surface area (Å²) in [6.45, 7) is 1.62. The van der Waals surface area contributed by atoms with E-state index in [9.17, 15) is 14.9 Å². The van der Waals surface area contributed by atoms with Crippen LogP contribution in [0.25, 0.3) is 5.82 Å². The van der Waals surface area contributed by atoms with E-state index in [-0.39, 0.29) is 17.3 Å². The Labute approximate surface area is 100 Å². The van der Waals surface area contributed by atoms with Crippen LogP contribution in [0.2, 0.25) is 0 Å². The smallest absolute Gasteiger partial charge is 0.407 e. The molecule has 9 heteroatoms. The molecule has 9 nitrogen and oxygen atoms in total. The molecule has 94 valence electrons. The van der Waals surface area contributed by atoms with Gasteiger partial charge in [-0.1, -0.05) is 0 Å². The van der Waals surface area contributed by atoms with Crippen LogP contribution in [0.1, 0.15) is 16.3 Å². The Morgan fingerprint density at radius 1 is 1.56 bits per heavy atom. The molecule has 0 bridgehead atoms. The van der Waals surface area contributed by atoms with Crippen LogP contribution in [0.3, 0.4) is 0 Å². The predicted octanol–water partition coefficient (Wildman–Crippen LogP) is 0.521. The van der Waals surface area contributed by atoms with Crippen LogP contribution in [0.15, 0.2) is 12.5 Å². The van der Waals surface area contributed by atoms with Crippen LogP contribution in [-0.4, -0.2) is 35.1 Å². The van der Waals surface area contributed by atoms with Crippen molar-refractivity contribution in [1.29, 1.82) is 0 Å². The van der Waals surface area contributed by atoms with Gasteiger partial charge in [-0.25, -0.2) is 9.78 Å². The molecule has 2 heterocycles. The van der Waals surface area contributed by atoms with Gasteiger partial charge in [0.05, 0.1) is 0 Å². The molecule has 2 aromatic heterocycles. The Kier molecular flexibility index (Phi) is 2.58. The molecule has 18 heavy (non-hydrogen) atoms. The molecule has 0 fully saturated rings. The van der Waals surface area contributed by atoms with Crippen LogP contribution in [0.5, 0.6) is 0 Å². The van der Waals surface area contributed by atoms with E-state index in [0.29, 0.717) is 5.82 Å². The Bertz CT molecular complexity index is 641. The SMILES string of the molecule is Cc1nc([N+](=O)[O-])c(-n2cnc(C(=O)O)c2)n1C. The molecule has 0 aromatic carbocycles. The summed E-state index contributed by atoms with van der Waals surface area (Å²) in [7, 11) is 1.60. The first-order chi connectivity index (χ1) is 8.41. The van der Waals surface area contributed by atoms with E-state index < -0.39 is 10.9 Å². The van der Waals surface area contributed by atoms with Crippen LogP contribution >= 0.6 is 0 Å². The summed E-state index contributed by atoms with van der Waals surface area (Å²) in [6.07, 6.45) is 2.40. The van der Waals surface area contributed by atoms with Crippen molar-refractivity contribution in [2.24, 2.45) is 7.05 Å². The molecule has 0 aliphatic heterocycles. The number of hydrogen-bond donors (Lipinski definition) is 1. The maximum absolute atomic E-state index is 10.9. The van der Waals surface area contributed by atoms with Gasteiger partial charge in [0.1, 0.15) is 6.33 Å². The van der Waals surface area contributed by atoms with Gasteiger partial charge in [-0.05, 0) is 9.91 Å². The van der Waals surface area contributed by atoms with E-state index in [1.165, 1.54) is 21.7 Å². The van der Waals surface area contributed by atoms with E-state index in [1.54, 1.807) is 14.0 Å². The van der Waals surface area contributed by atoms with Crippen molar-refractivity contribution in [2.75, 3.05) is 0 Å². The van der Waals surface area contributed by atoms with E-state index >= 15 is 0 Å². The molecule has 0 aliphatic rings. The van der Waals surface area contributed by atoms with Gasteiger partial charge in [-0.2, -0.15) is 0 Å². The number of aromatic nitrogens is 4. The number of rotatable bonds is 3. The maximum Gasteiger partial charge on any atom is 0.407 e. The number of nitrogens with zero attached hydrogens (tertiary/aromatic N) is 5. The fourth-order valence-electron chi connectivity index (χ4n) is 1.54. The molecule has 0 saturated carbocycles. The van der Waals surface area contributed by atoms with Crippen LogP contribution in [0, 0.1) is 17.0 Å². The topological polar surface area (TPSA) is 116 Å². The van der Waals surface area contributed by atoms with E-state index in [4.69, 9.17) is 5.11 Å². The van der Waals surface area contributed by atoms with Crippen molar-refractivity contribution < 1.29 is 14.8 Å². The first-order valence-corrected chi connectivity index (χ1v) is 4.87. The van der Waals surface area contributed by atoms with Gasteiger partial charge in [0.2, 0.25) is 11.6 Å². The lowest BCUT2D eigenvalue weighted by molar-refractivity contribution is -0.389. The van der Waals surface area contributed by atoms with Gasteiger partial charge in [-0.3, -0.25) is 9.13 Å². The van der Waals surface area contributed by atoms with Crippen molar-refractivity contribution in [3.05, 3.63) is 34.2 Å². The van der Waals surface area contributed by atoms with E-state index in [2.05, 4.69) is 9.97 Å². The fraction of sp³-hybridized carbons (Fsp3) is 0.222. The van der Waals surface area contributed by atoms with Crippen molar-refractivity contribution in [2.45, 2.75) is 6.92 Å². The van der Waals surface area contributed by atoms with Gasteiger partial charge in [0, 0.05) is 20.2 Å². The molecule has 0 unspecified atom stereocenters. The summed E-state index contributed by atoms with van der Waals surface area (Å²) in [6, 6.07) is 0. The van der Waals surface area contributed by atoms with E-state index in [1.807, 2.05) is 0 Å². The third kappa shape index (κ3) is 1.71. The van der Waals surface area contributed by atoms with Crippen molar-refractivity contribution in [3.8, 4) is 5.82 Å². The normalized spacial score (nSPS) is 10.6. The van der Waals surface area contributed by atoms with Crippen LogP contribution in [-0.2, 0) is 7.05 Å². The standard InChI is InChI=1S/C9H9N5O4/c1-5-11-7(14(17)18)8(12(5)2)13-3-6(9(15)16)10-4-13/h3-4H,1-2H3,(H,15,16). The molecule has 0 aliphatic carbocycles. The van der Waals surface area contributed by atoms with Gasteiger partial charge in [0.15, 0.2) is 5.69 Å². The highest BCUT2D eigenvalue weighted by molar-refractivity contribution is 5.85. The summed E-state index contributed by atoms with van der Waals surface area (Å²) in [5, 5.41) is 19.6. The van der Waals surface area contributed by atoms with Crippen LogP contribution < -0.4 is 0 Å². The number of nitro groups is 1. The van der Waals surface area contributed by atoms with Crippen molar-refractivity contribution in [1.82, 2.24) is 19.1 Å². The number of carboxylic acids is 1. The minimum absolute atomic E-state index is 0.164. The van der Waals surface area contributed by atoms with Crippen LogP contribution in [0.4, 0.5) is 5.82 Å². The molecular formula is C9H9N5O4. The zero-order chi connectivity index (χ0) is 13.4. The monoisotopic (exact) mass is 251 g/mol. The summed E-state index contributed by atoms with van der Waals surface area (Å²) in [4.78, 5) is 28.4. The second kappa shape index (κ2) is 3.95. The lowest BCUT2D eigenvalue weighted by Gasteiger charge is -2.01. The molecule has 0 radical (unpaired) electrons. The zero-order valence-corrected chi connectivity index (χ0v) is 9.56. The number of carboxylic acid groups (broad SMARTS) is 1.